The van der Waals surface area contributed by atoms with Crippen LogP contribution in [-0.2, 0) is 0 Å². The van der Waals surface area contributed by atoms with Crippen molar-refractivity contribution in [2.45, 2.75) is 33.7 Å². The van der Waals surface area contributed by atoms with Crippen LogP contribution in [-0.4, -0.2) is 15.6 Å². The number of carboxylic acids is 1. The van der Waals surface area contributed by atoms with Gasteiger partial charge in [-0.2, -0.15) is 0 Å². The number of aromatic carboxylic acids is 1. The van der Waals surface area contributed by atoms with Crippen LogP contribution in [0.3, 0.4) is 0 Å². The second-order valence-electron chi connectivity index (χ2n) is 5.19. The van der Waals surface area contributed by atoms with Gasteiger partial charge in [-0.15, -0.1) is 0 Å². The monoisotopic (exact) mass is 257 g/mol. The number of hydrogen-bond acceptors (Lipinski definition) is 1. The first-order valence-electron chi connectivity index (χ1n) is 6.44. The Morgan fingerprint density at radius 3 is 2.42 bits per heavy atom. The topological polar surface area (TPSA) is 42.2 Å². The molecule has 0 unspecified atom stereocenters. The smallest absolute Gasteiger partial charge is 0.352 e. The van der Waals surface area contributed by atoms with Crippen molar-refractivity contribution in [3.8, 4) is 11.3 Å². The average molecular weight is 257 g/mol. The molecule has 0 saturated carbocycles. The number of aryl methyl sites for hydroxylation is 2. The summed E-state index contributed by atoms with van der Waals surface area (Å²) < 4.78 is 1.88. The van der Waals surface area contributed by atoms with Crippen LogP contribution in [0.15, 0.2) is 30.3 Å². The SMILES string of the molecule is Cc1ccc(C)c(-c2ccc(C(=O)O)n2C(C)C)c1. The molecule has 0 spiro atoms. The van der Waals surface area contributed by atoms with E-state index in [0.717, 1.165) is 16.8 Å². The molecule has 3 nitrogen and oxygen atoms in total. The molecule has 1 N–H and O–H groups in total. The minimum atomic E-state index is -0.884. The van der Waals surface area contributed by atoms with Crippen LogP contribution >= 0.6 is 0 Å². The molecule has 0 amide bonds. The third kappa shape index (κ3) is 2.41. The summed E-state index contributed by atoms with van der Waals surface area (Å²) in [7, 11) is 0. The average Bonchev–Trinajstić information content (AvgIpc) is 2.76. The van der Waals surface area contributed by atoms with Gasteiger partial charge >= 0.3 is 5.97 Å². The molecule has 2 aromatic rings. The number of nitrogens with zero attached hydrogens (tertiary/aromatic N) is 1. The standard InChI is InChI=1S/C16H19NO2/c1-10(2)17-14(7-8-15(17)16(18)19)13-9-11(3)5-6-12(13)4/h5-10H,1-4H3,(H,18,19). The first-order valence-corrected chi connectivity index (χ1v) is 6.44. The Balaban J connectivity index is 2.69. The lowest BCUT2D eigenvalue weighted by Crippen LogP contribution is -2.12. The summed E-state index contributed by atoms with van der Waals surface area (Å²) in [6.45, 7) is 8.10. The number of carbonyl (C=O) groups is 1. The minimum absolute atomic E-state index is 0.107. The van der Waals surface area contributed by atoms with Gasteiger partial charge in [0, 0.05) is 17.3 Å². The van der Waals surface area contributed by atoms with Crippen molar-refractivity contribution in [1.82, 2.24) is 4.57 Å². The molecule has 1 aromatic carbocycles. The minimum Gasteiger partial charge on any atom is -0.477 e. The molecule has 0 bridgehead atoms. The molecule has 3 heteroatoms. The maximum absolute atomic E-state index is 11.3. The third-order valence-electron chi connectivity index (χ3n) is 3.32. The molecule has 0 atom stereocenters. The Bertz CT molecular complexity index is 624. The van der Waals surface area contributed by atoms with Crippen molar-refractivity contribution in [1.29, 1.82) is 0 Å². The van der Waals surface area contributed by atoms with Gasteiger partial charge in [-0.3, -0.25) is 0 Å². The van der Waals surface area contributed by atoms with E-state index in [0.29, 0.717) is 5.69 Å². The molecular weight excluding hydrogens is 238 g/mol. The quantitative estimate of drug-likeness (QED) is 0.901. The van der Waals surface area contributed by atoms with Gasteiger partial charge in [0.25, 0.3) is 0 Å². The van der Waals surface area contributed by atoms with E-state index >= 15 is 0 Å². The van der Waals surface area contributed by atoms with Crippen molar-refractivity contribution in [3.05, 3.63) is 47.2 Å². The Morgan fingerprint density at radius 1 is 1.16 bits per heavy atom. The van der Waals surface area contributed by atoms with Crippen LogP contribution in [0, 0.1) is 13.8 Å². The van der Waals surface area contributed by atoms with Crippen molar-refractivity contribution < 1.29 is 9.90 Å². The number of rotatable bonds is 3. The van der Waals surface area contributed by atoms with E-state index in [1.807, 2.05) is 38.3 Å². The maximum Gasteiger partial charge on any atom is 0.352 e. The Hall–Kier alpha value is -2.03. The van der Waals surface area contributed by atoms with Gasteiger partial charge in [0.2, 0.25) is 0 Å². The lowest BCUT2D eigenvalue weighted by atomic mass is 10.0. The maximum atomic E-state index is 11.3. The van der Waals surface area contributed by atoms with Gasteiger partial charge in [0.15, 0.2) is 0 Å². The third-order valence-corrected chi connectivity index (χ3v) is 3.32. The lowest BCUT2D eigenvalue weighted by Gasteiger charge is -2.17. The Kier molecular flexibility index (Phi) is 3.47. The molecular formula is C16H19NO2. The fraction of sp³-hybridized carbons (Fsp3) is 0.312. The number of aromatic nitrogens is 1. The fourth-order valence-electron chi connectivity index (χ4n) is 2.41. The molecule has 1 aromatic heterocycles. The summed E-state index contributed by atoms with van der Waals surface area (Å²) in [6, 6.07) is 9.93. The highest BCUT2D eigenvalue weighted by Crippen LogP contribution is 2.29. The normalized spacial score (nSPS) is 11.0. The molecule has 19 heavy (non-hydrogen) atoms. The van der Waals surface area contributed by atoms with E-state index in [-0.39, 0.29) is 6.04 Å². The zero-order valence-electron chi connectivity index (χ0n) is 11.8. The lowest BCUT2D eigenvalue weighted by molar-refractivity contribution is 0.0683. The van der Waals surface area contributed by atoms with Gasteiger partial charge in [-0.1, -0.05) is 17.7 Å². The fourth-order valence-corrected chi connectivity index (χ4v) is 2.41. The van der Waals surface area contributed by atoms with Gasteiger partial charge in [0.05, 0.1) is 0 Å². The summed E-state index contributed by atoms with van der Waals surface area (Å²) in [5.74, 6) is -0.884. The summed E-state index contributed by atoms with van der Waals surface area (Å²) in [5.41, 5.74) is 4.73. The van der Waals surface area contributed by atoms with Crippen LogP contribution in [0.5, 0.6) is 0 Å². The first kappa shape index (κ1) is 13.4. The van der Waals surface area contributed by atoms with Crippen molar-refractivity contribution in [2.75, 3.05) is 0 Å². The van der Waals surface area contributed by atoms with Gasteiger partial charge in [-0.25, -0.2) is 4.79 Å². The van der Waals surface area contributed by atoms with E-state index in [1.165, 1.54) is 5.56 Å². The number of carboxylic acid groups (broad SMARTS) is 1. The van der Waals surface area contributed by atoms with E-state index < -0.39 is 5.97 Å². The van der Waals surface area contributed by atoms with Gasteiger partial charge in [-0.05, 0) is 51.5 Å². The first-order chi connectivity index (χ1) is 8.91. The van der Waals surface area contributed by atoms with Crippen molar-refractivity contribution in [3.63, 3.8) is 0 Å². The molecule has 0 fully saturated rings. The second-order valence-corrected chi connectivity index (χ2v) is 5.19. The largest absolute Gasteiger partial charge is 0.477 e. The molecule has 100 valence electrons. The number of hydrogen-bond donors (Lipinski definition) is 1. The highest BCUT2D eigenvalue weighted by atomic mass is 16.4. The van der Waals surface area contributed by atoms with Crippen LogP contribution in [0.4, 0.5) is 0 Å². The molecule has 0 aliphatic heterocycles. The highest BCUT2D eigenvalue weighted by Gasteiger charge is 2.18. The second kappa shape index (κ2) is 4.92. The Labute approximate surface area is 113 Å². The van der Waals surface area contributed by atoms with Crippen molar-refractivity contribution >= 4 is 5.97 Å². The summed E-state index contributed by atoms with van der Waals surface area (Å²) in [4.78, 5) is 11.3. The predicted molar refractivity (Wildman–Crippen MR) is 76.7 cm³/mol. The van der Waals surface area contributed by atoms with Crippen molar-refractivity contribution in [2.24, 2.45) is 0 Å². The molecule has 0 aliphatic rings. The molecule has 0 aliphatic carbocycles. The summed E-state index contributed by atoms with van der Waals surface area (Å²) >= 11 is 0. The molecule has 0 saturated heterocycles. The zero-order valence-corrected chi connectivity index (χ0v) is 11.8. The van der Waals surface area contributed by atoms with E-state index in [9.17, 15) is 9.90 Å². The Morgan fingerprint density at radius 2 is 1.84 bits per heavy atom. The van der Waals surface area contributed by atoms with E-state index in [2.05, 4.69) is 18.2 Å². The van der Waals surface area contributed by atoms with Crippen LogP contribution < -0.4 is 0 Å². The van der Waals surface area contributed by atoms with Gasteiger partial charge < -0.3 is 9.67 Å². The molecule has 2 rings (SSSR count). The summed E-state index contributed by atoms with van der Waals surface area (Å²) in [5, 5.41) is 9.28. The van der Waals surface area contributed by atoms with Crippen LogP contribution in [0.1, 0.15) is 41.5 Å². The molecule has 1 heterocycles. The molecule has 0 radical (unpaired) electrons. The highest BCUT2D eigenvalue weighted by molar-refractivity contribution is 5.88. The predicted octanol–water partition coefficient (Wildman–Crippen LogP) is 4.05. The zero-order chi connectivity index (χ0) is 14.2. The summed E-state index contributed by atoms with van der Waals surface area (Å²) in [6.07, 6.45) is 0. The van der Waals surface area contributed by atoms with E-state index in [4.69, 9.17) is 0 Å². The van der Waals surface area contributed by atoms with E-state index in [1.54, 1.807) is 6.07 Å². The van der Waals surface area contributed by atoms with Crippen LogP contribution in [0.2, 0.25) is 0 Å². The number of benzene rings is 1. The van der Waals surface area contributed by atoms with Gasteiger partial charge in [0.1, 0.15) is 5.69 Å². The van der Waals surface area contributed by atoms with Crippen LogP contribution in [0.25, 0.3) is 11.3 Å².